The number of nitrogens with one attached hydrogen (secondary N) is 2. The summed E-state index contributed by atoms with van der Waals surface area (Å²) in [6.45, 7) is 8.98. The molecule has 4 heteroatoms. The van der Waals surface area contributed by atoms with E-state index in [4.69, 9.17) is 9.97 Å². The maximum Gasteiger partial charge on any atom is 0.162 e. The average Bonchev–Trinajstić information content (AvgIpc) is 2.68. The highest BCUT2D eigenvalue weighted by molar-refractivity contribution is 5.90. The maximum absolute atomic E-state index is 4.80. The number of nitrogens with zero attached hydrogens (tertiary/aromatic N) is 2. The molecule has 130 valence electrons. The molecular weight excluding hydrogens is 308 g/mol. The van der Waals surface area contributed by atoms with Gasteiger partial charge in [0, 0.05) is 23.9 Å². The number of anilines is 1. The van der Waals surface area contributed by atoms with Crippen molar-refractivity contribution in [1.29, 1.82) is 0 Å². The van der Waals surface area contributed by atoms with Crippen LogP contribution in [0.5, 0.6) is 0 Å². The van der Waals surface area contributed by atoms with Crippen LogP contribution in [0.4, 0.5) is 5.82 Å². The van der Waals surface area contributed by atoms with Crippen molar-refractivity contribution < 1.29 is 4.90 Å². The molecule has 2 aromatic carbocycles. The standard InChI is InChI=1S/C21H26N4/c1-3-25(4-2)16-10-15-22-21-18-13-8-9-14-19(18)23-20(24-21)17-11-6-5-7-12-17/h5-9,11-14H,3-4,10,15-16H2,1-2H3,(H,22,23,24)/p+1. The zero-order valence-electron chi connectivity index (χ0n) is 15.1. The number of para-hydroxylation sites is 1. The molecule has 0 aliphatic carbocycles. The lowest BCUT2D eigenvalue weighted by Crippen LogP contribution is -3.11. The molecule has 0 unspecified atom stereocenters. The topological polar surface area (TPSA) is 42.2 Å². The molecule has 0 amide bonds. The summed E-state index contributed by atoms with van der Waals surface area (Å²) in [5, 5.41) is 4.62. The fourth-order valence-electron chi connectivity index (χ4n) is 3.08. The summed E-state index contributed by atoms with van der Waals surface area (Å²) < 4.78 is 0. The van der Waals surface area contributed by atoms with E-state index in [1.807, 2.05) is 30.3 Å². The molecule has 4 nitrogen and oxygen atoms in total. The van der Waals surface area contributed by atoms with Crippen molar-refractivity contribution in [3.8, 4) is 11.4 Å². The van der Waals surface area contributed by atoms with E-state index in [-0.39, 0.29) is 0 Å². The number of aromatic nitrogens is 2. The van der Waals surface area contributed by atoms with E-state index in [0.29, 0.717) is 0 Å². The Labute approximate surface area is 149 Å². The molecule has 0 aliphatic heterocycles. The average molecular weight is 335 g/mol. The zero-order chi connectivity index (χ0) is 17.5. The van der Waals surface area contributed by atoms with Crippen molar-refractivity contribution in [3.63, 3.8) is 0 Å². The summed E-state index contributed by atoms with van der Waals surface area (Å²) in [6.07, 6.45) is 1.13. The van der Waals surface area contributed by atoms with Crippen LogP contribution in [0.15, 0.2) is 54.6 Å². The summed E-state index contributed by atoms with van der Waals surface area (Å²) in [5.74, 6) is 1.70. The van der Waals surface area contributed by atoms with Crippen LogP contribution < -0.4 is 10.2 Å². The van der Waals surface area contributed by atoms with Crippen LogP contribution in [0.2, 0.25) is 0 Å². The van der Waals surface area contributed by atoms with E-state index in [1.54, 1.807) is 4.90 Å². The SMILES string of the molecule is CC[NH+](CC)CCCNc1nc(-c2ccccc2)nc2ccccc12. The summed E-state index contributed by atoms with van der Waals surface area (Å²) >= 11 is 0. The second kappa shape index (κ2) is 8.58. The van der Waals surface area contributed by atoms with E-state index in [1.165, 1.54) is 19.6 Å². The van der Waals surface area contributed by atoms with E-state index in [0.717, 1.165) is 41.1 Å². The predicted octanol–water partition coefficient (Wildman–Crippen LogP) is 3.02. The fourth-order valence-corrected chi connectivity index (χ4v) is 3.08. The van der Waals surface area contributed by atoms with Gasteiger partial charge in [-0.2, -0.15) is 0 Å². The van der Waals surface area contributed by atoms with Crippen LogP contribution in [-0.2, 0) is 0 Å². The number of hydrogen-bond acceptors (Lipinski definition) is 3. The molecule has 1 aromatic heterocycles. The van der Waals surface area contributed by atoms with Crippen LogP contribution in [0.1, 0.15) is 20.3 Å². The minimum atomic E-state index is 0.774. The number of quaternary nitrogens is 1. The van der Waals surface area contributed by atoms with Crippen molar-refractivity contribution in [2.45, 2.75) is 20.3 Å². The van der Waals surface area contributed by atoms with Crippen LogP contribution >= 0.6 is 0 Å². The van der Waals surface area contributed by atoms with Crippen molar-refractivity contribution >= 4 is 16.7 Å². The van der Waals surface area contributed by atoms with Gasteiger partial charge in [-0.3, -0.25) is 0 Å². The Morgan fingerprint density at radius 1 is 0.880 bits per heavy atom. The number of fused-ring (bicyclic) bond motifs is 1. The minimum absolute atomic E-state index is 0.774. The third-order valence-electron chi connectivity index (χ3n) is 4.63. The third-order valence-corrected chi connectivity index (χ3v) is 4.63. The second-order valence-electron chi connectivity index (χ2n) is 6.27. The number of hydrogen-bond donors (Lipinski definition) is 2. The summed E-state index contributed by atoms with van der Waals surface area (Å²) in [7, 11) is 0. The fraction of sp³-hybridized carbons (Fsp3) is 0.333. The first kappa shape index (κ1) is 17.4. The van der Waals surface area contributed by atoms with E-state index < -0.39 is 0 Å². The van der Waals surface area contributed by atoms with Crippen LogP contribution in [-0.4, -0.2) is 36.1 Å². The Morgan fingerprint density at radius 3 is 2.36 bits per heavy atom. The molecule has 0 radical (unpaired) electrons. The largest absolute Gasteiger partial charge is 0.369 e. The molecule has 3 rings (SSSR count). The van der Waals surface area contributed by atoms with Gasteiger partial charge in [0.1, 0.15) is 5.82 Å². The Hall–Kier alpha value is -2.46. The molecule has 0 spiro atoms. The van der Waals surface area contributed by atoms with E-state index >= 15 is 0 Å². The summed E-state index contributed by atoms with van der Waals surface area (Å²) in [6, 6.07) is 18.4. The van der Waals surface area contributed by atoms with Gasteiger partial charge in [0.15, 0.2) is 5.82 Å². The van der Waals surface area contributed by atoms with E-state index in [2.05, 4.69) is 43.4 Å². The molecule has 0 fully saturated rings. The lowest BCUT2D eigenvalue weighted by atomic mass is 10.2. The molecule has 25 heavy (non-hydrogen) atoms. The minimum Gasteiger partial charge on any atom is -0.369 e. The Balaban J connectivity index is 1.81. The lowest BCUT2D eigenvalue weighted by molar-refractivity contribution is -0.896. The number of benzene rings is 2. The molecule has 2 N–H and O–H groups in total. The van der Waals surface area contributed by atoms with Gasteiger partial charge in [-0.25, -0.2) is 9.97 Å². The van der Waals surface area contributed by atoms with E-state index in [9.17, 15) is 0 Å². The monoisotopic (exact) mass is 335 g/mol. The van der Waals surface area contributed by atoms with Crippen LogP contribution in [0, 0.1) is 0 Å². The number of rotatable bonds is 8. The van der Waals surface area contributed by atoms with Crippen LogP contribution in [0.3, 0.4) is 0 Å². The second-order valence-corrected chi connectivity index (χ2v) is 6.27. The quantitative estimate of drug-likeness (QED) is 0.622. The van der Waals surface area contributed by atoms with Gasteiger partial charge in [-0.05, 0) is 26.0 Å². The highest BCUT2D eigenvalue weighted by atomic mass is 15.1. The first-order chi connectivity index (χ1) is 12.3. The molecule has 0 saturated carbocycles. The van der Waals surface area contributed by atoms with Crippen molar-refractivity contribution in [1.82, 2.24) is 9.97 Å². The Bertz CT molecular complexity index is 797. The highest BCUT2D eigenvalue weighted by Crippen LogP contribution is 2.24. The first-order valence-electron chi connectivity index (χ1n) is 9.21. The van der Waals surface area contributed by atoms with Crippen molar-refractivity contribution in [2.75, 3.05) is 31.5 Å². The van der Waals surface area contributed by atoms with Gasteiger partial charge in [-0.1, -0.05) is 42.5 Å². The molecule has 0 bridgehead atoms. The summed E-state index contributed by atoms with van der Waals surface area (Å²) in [4.78, 5) is 11.2. The van der Waals surface area contributed by atoms with Gasteiger partial charge in [0.25, 0.3) is 0 Å². The molecule has 0 aliphatic rings. The van der Waals surface area contributed by atoms with Gasteiger partial charge in [0.05, 0.1) is 25.2 Å². The van der Waals surface area contributed by atoms with Gasteiger partial charge >= 0.3 is 0 Å². The lowest BCUT2D eigenvalue weighted by Gasteiger charge is -2.16. The van der Waals surface area contributed by atoms with Gasteiger partial charge < -0.3 is 10.2 Å². The molecule has 0 atom stereocenters. The normalized spacial score (nSPS) is 11.2. The molecule has 3 aromatic rings. The smallest absolute Gasteiger partial charge is 0.162 e. The third kappa shape index (κ3) is 4.34. The maximum atomic E-state index is 4.80. The zero-order valence-corrected chi connectivity index (χ0v) is 15.1. The molecule has 0 saturated heterocycles. The van der Waals surface area contributed by atoms with Gasteiger partial charge in [0.2, 0.25) is 0 Å². The van der Waals surface area contributed by atoms with Crippen LogP contribution in [0.25, 0.3) is 22.3 Å². The predicted molar refractivity (Wildman–Crippen MR) is 105 cm³/mol. The highest BCUT2D eigenvalue weighted by Gasteiger charge is 2.09. The molecular formula is C21H27N4+. The molecule has 1 heterocycles. The first-order valence-corrected chi connectivity index (χ1v) is 9.21. The van der Waals surface area contributed by atoms with Crippen molar-refractivity contribution in [2.24, 2.45) is 0 Å². The van der Waals surface area contributed by atoms with Crippen molar-refractivity contribution in [3.05, 3.63) is 54.6 Å². The van der Waals surface area contributed by atoms with Gasteiger partial charge in [-0.15, -0.1) is 0 Å². The summed E-state index contributed by atoms with van der Waals surface area (Å²) in [5.41, 5.74) is 2.03. The Kier molecular flexibility index (Phi) is 5.96. The Morgan fingerprint density at radius 2 is 1.60 bits per heavy atom.